The van der Waals surface area contributed by atoms with E-state index in [1.807, 2.05) is 18.2 Å². The summed E-state index contributed by atoms with van der Waals surface area (Å²) in [6.07, 6.45) is 2.24. The third kappa shape index (κ3) is 6.79. The molecule has 0 saturated heterocycles. The molecule has 0 radical (unpaired) electrons. The molecule has 1 N–H and O–H groups in total. The Hall–Kier alpha value is -1.64. The number of amides is 1. The van der Waals surface area contributed by atoms with Crippen LogP contribution in [-0.2, 0) is 27.8 Å². The lowest BCUT2D eigenvalue weighted by Crippen LogP contribution is -2.34. The monoisotopic (exact) mass is 397 g/mol. The van der Waals surface area contributed by atoms with Crippen molar-refractivity contribution in [2.75, 3.05) is 45.6 Å². The minimum Gasteiger partial charge on any atom is -0.492 e. The van der Waals surface area contributed by atoms with Crippen molar-refractivity contribution in [1.82, 2.24) is 14.5 Å². The summed E-state index contributed by atoms with van der Waals surface area (Å²) in [6, 6.07) is 5.76. The molecule has 1 heterocycles. The van der Waals surface area contributed by atoms with Gasteiger partial charge in [0.05, 0.1) is 6.26 Å². The SMILES string of the molecule is CCN(CC)CCNC(=O)CCc1ccc2c(c1)CN(S(C)(=O)=O)CCO2. The van der Waals surface area contributed by atoms with Crippen LogP contribution in [0.4, 0.5) is 0 Å². The molecular formula is C19H31N3O4S. The van der Waals surface area contributed by atoms with Gasteiger partial charge in [0.1, 0.15) is 12.4 Å². The zero-order valence-electron chi connectivity index (χ0n) is 16.5. The number of sulfonamides is 1. The first-order valence-electron chi connectivity index (χ1n) is 9.52. The van der Waals surface area contributed by atoms with Gasteiger partial charge in [0.15, 0.2) is 0 Å². The average molecular weight is 398 g/mol. The van der Waals surface area contributed by atoms with Gasteiger partial charge in [-0.05, 0) is 31.1 Å². The van der Waals surface area contributed by atoms with E-state index < -0.39 is 10.0 Å². The molecule has 8 heteroatoms. The molecule has 0 unspecified atom stereocenters. The van der Waals surface area contributed by atoms with Gasteiger partial charge >= 0.3 is 0 Å². The van der Waals surface area contributed by atoms with Gasteiger partial charge in [0, 0.05) is 38.2 Å². The molecular weight excluding hydrogens is 366 g/mol. The van der Waals surface area contributed by atoms with Gasteiger partial charge in [-0.1, -0.05) is 26.0 Å². The fourth-order valence-electron chi connectivity index (χ4n) is 3.10. The van der Waals surface area contributed by atoms with E-state index in [1.54, 1.807) is 0 Å². The molecule has 0 aliphatic carbocycles. The molecule has 0 spiro atoms. The highest BCUT2D eigenvalue weighted by Gasteiger charge is 2.22. The first kappa shape index (κ1) is 21.7. The molecule has 1 aromatic rings. The van der Waals surface area contributed by atoms with Crippen molar-refractivity contribution in [1.29, 1.82) is 0 Å². The van der Waals surface area contributed by atoms with E-state index in [-0.39, 0.29) is 5.91 Å². The van der Waals surface area contributed by atoms with Crippen molar-refractivity contribution < 1.29 is 17.9 Å². The van der Waals surface area contributed by atoms with Gasteiger partial charge in [-0.3, -0.25) is 4.79 Å². The van der Waals surface area contributed by atoms with Gasteiger partial charge in [-0.15, -0.1) is 0 Å². The Morgan fingerprint density at radius 2 is 2.04 bits per heavy atom. The Morgan fingerprint density at radius 3 is 2.70 bits per heavy atom. The molecule has 2 rings (SSSR count). The van der Waals surface area contributed by atoms with E-state index in [9.17, 15) is 13.2 Å². The van der Waals surface area contributed by atoms with Crippen LogP contribution in [0.5, 0.6) is 5.75 Å². The molecule has 27 heavy (non-hydrogen) atoms. The molecule has 0 fully saturated rings. The van der Waals surface area contributed by atoms with E-state index in [4.69, 9.17) is 4.74 Å². The van der Waals surface area contributed by atoms with Crippen LogP contribution in [0.2, 0.25) is 0 Å². The van der Waals surface area contributed by atoms with Gasteiger partial charge in [0.25, 0.3) is 0 Å². The van der Waals surface area contributed by atoms with Crippen LogP contribution in [-0.4, -0.2) is 69.1 Å². The minimum atomic E-state index is -3.27. The van der Waals surface area contributed by atoms with Crippen LogP contribution in [0.3, 0.4) is 0 Å². The number of hydrogen-bond acceptors (Lipinski definition) is 5. The van der Waals surface area contributed by atoms with Crippen LogP contribution in [0.15, 0.2) is 18.2 Å². The molecule has 1 aliphatic rings. The Bertz CT molecular complexity index is 732. The number of nitrogens with one attached hydrogen (secondary N) is 1. The van der Waals surface area contributed by atoms with E-state index in [0.717, 1.165) is 30.8 Å². The van der Waals surface area contributed by atoms with Crippen LogP contribution >= 0.6 is 0 Å². The zero-order valence-corrected chi connectivity index (χ0v) is 17.3. The Kier molecular flexibility index (Phi) is 8.07. The summed E-state index contributed by atoms with van der Waals surface area (Å²) >= 11 is 0. The summed E-state index contributed by atoms with van der Waals surface area (Å²) in [6.45, 7) is 8.68. The Balaban J connectivity index is 1.89. The molecule has 0 bridgehead atoms. The number of fused-ring (bicyclic) bond motifs is 1. The van der Waals surface area contributed by atoms with E-state index in [2.05, 4.69) is 24.1 Å². The summed E-state index contributed by atoms with van der Waals surface area (Å²) in [5, 5.41) is 2.96. The van der Waals surface area contributed by atoms with Gasteiger partial charge < -0.3 is 15.0 Å². The maximum absolute atomic E-state index is 12.1. The number of likely N-dealkylation sites (N-methyl/N-ethyl adjacent to an activating group) is 1. The Morgan fingerprint density at radius 1 is 1.30 bits per heavy atom. The number of aryl methyl sites for hydroxylation is 1. The maximum atomic E-state index is 12.1. The van der Waals surface area contributed by atoms with Crippen LogP contribution in [0, 0.1) is 0 Å². The largest absolute Gasteiger partial charge is 0.492 e. The van der Waals surface area contributed by atoms with E-state index in [0.29, 0.717) is 44.8 Å². The Labute approximate surface area is 162 Å². The molecule has 1 amide bonds. The van der Waals surface area contributed by atoms with Crippen LogP contribution in [0.25, 0.3) is 0 Å². The first-order valence-corrected chi connectivity index (χ1v) is 11.4. The number of nitrogens with zero attached hydrogens (tertiary/aromatic N) is 2. The lowest BCUT2D eigenvalue weighted by molar-refractivity contribution is -0.121. The molecule has 1 aliphatic heterocycles. The quantitative estimate of drug-likeness (QED) is 0.678. The topological polar surface area (TPSA) is 79.0 Å². The second-order valence-corrected chi connectivity index (χ2v) is 8.75. The number of carbonyl (C=O) groups excluding carboxylic acids is 1. The van der Waals surface area contributed by atoms with Crippen LogP contribution < -0.4 is 10.1 Å². The number of benzene rings is 1. The van der Waals surface area contributed by atoms with Gasteiger partial charge in [0.2, 0.25) is 15.9 Å². The summed E-state index contributed by atoms with van der Waals surface area (Å²) in [4.78, 5) is 14.3. The average Bonchev–Trinajstić information content (AvgIpc) is 2.85. The lowest BCUT2D eigenvalue weighted by atomic mass is 10.1. The molecule has 0 aromatic heterocycles. The summed E-state index contributed by atoms with van der Waals surface area (Å²) in [5.41, 5.74) is 1.85. The summed E-state index contributed by atoms with van der Waals surface area (Å²) < 4.78 is 30.8. The van der Waals surface area contributed by atoms with Crippen molar-refractivity contribution in [3.63, 3.8) is 0 Å². The fraction of sp³-hybridized carbons (Fsp3) is 0.632. The van der Waals surface area contributed by atoms with E-state index >= 15 is 0 Å². The van der Waals surface area contributed by atoms with Crippen molar-refractivity contribution in [3.8, 4) is 5.75 Å². The first-order chi connectivity index (χ1) is 12.8. The van der Waals surface area contributed by atoms with Gasteiger partial charge in [-0.25, -0.2) is 8.42 Å². The number of carbonyl (C=O) groups is 1. The minimum absolute atomic E-state index is 0.0334. The van der Waals surface area contributed by atoms with Crippen LogP contribution in [0.1, 0.15) is 31.4 Å². The number of hydrogen-bond donors (Lipinski definition) is 1. The predicted molar refractivity (Wildman–Crippen MR) is 106 cm³/mol. The highest BCUT2D eigenvalue weighted by molar-refractivity contribution is 7.88. The number of rotatable bonds is 9. The second-order valence-electron chi connectivity index (χ2n) is 6.76. The van der Waals surface area contributed by atoms with E-state index in [1.165, 1.54) is 10.6 Å². The van der Waals surface area contributed by atoms with Crippen molar-refractivity contribution in [3.05, 3.63) is 29.3 Å². The summed E-state index contributed by atoms with van der Waals surface area (Å²) in [7, 11) is -3.27. The third-order valence-corrected chi connectivity index (χ3v) is 6.07. The molecule has 1 aromatic carbocycles. The summed E-state index contributed by atoms with van der Waals surface area (Å²) in [5.74, 6) is 0.750. The number of ether oxygens (including phenoxy) is 1. The fourth-order valence-corrected chi connectivity index (χ4v) is 3.88. The maximum Gasteiger partial charge on any atom is 0.220 e. The van der Waals surface area contributed by atoms with Crippen molar-refractivity contribution in [2.45, 2.75) is 33.2 Å². The smallest absolute Gasteiger partial charge is 0.220 e. The van der Waals surface area contributed by atoms with Gasteiger partial charge in [-0.2, -0.15) is 4.31 Å². The molecule has 7 nitrogen and oxygen atoms in total. The normalized spacial score (nSPS) is 15.1. The zero-order chi connectivity index (χ0) is 19.9. The third-order valence-electron chi connectivity index (χ3n) is 4.82. The molecule has 152 valence electrons. The standard InChI is InChI=1S/C19H31N3O4S/c1-4-21(5-2)11-10-20-19(23)9-7-16-6-8-18-17(14-16)15-22(12-13-26-18)27(3,24)25/h6,8,14H,4-5,7,9-13,15H2,1-3H3,(H,20,23). The molecule has 0 atom stereocenters. The second kappa shape index (κ2) is 10.1. The molecule has 0 saturated carbocycles. The lowest BCUT2D eigenvalue weighted by Gasteiger charge is -2.18. The predicted octanol–water partition coefficient (Wildman–Crippen LogP) is 1.23. The highest BCUT2D eigenvalue weighted by Crippen LogP contribution is 2.25. The van der Waals surface area contributed by atoms with Crippen molar-refractivity contribution in [2.24, 2.45) is 0 Å². The highest BCUT2D eigenvalue weighted by atomic mass is 32.2. The van der Waals surface area contributed by atoms with Crippen molar-refractivity contribution >= 4 is 15.9 Å².